The molecule has 3 aromatic heterocycles. The predicted molar refractivity (Wildman–Crippen MR) is 246 cm³/mol. The topological polar surface area (TPSA) is 35.6 Å². The Bertz CT molecular complexity index is 3770. The minimum atomic E-state index is -0.0925. The van der Waals surface area contributed by atoms with E-state index in [0.29, 0.717) is 0 Å². The van der Waals surface area contributed by atoms with Gasteiger partial charge in [0.2, 0.25) is 0 Å². The van der Waals surface area contributed by atoms with Crippen molar-refractivity contribution >= 4 is 76.2 Å². The van der Waals surface area contributed by atoms with E-state index in [4.69, 9.17) is 9.97 Å². The summed E-state index contributed by atoms with van der Waals surface area (Å²) in [6.07, 6.45) is 0. The van der Waals surface area contributed by atoms with Crippen molar-refractivity contribution in [1.82, 2.24) is 19.1 Å². The molecule has 0 N–H and O–H groups in total. The second-order valence-corrected chi connectivity index (χ2v) is 16.6. The zero-order chi connectivity index (χ0) is 39.0. The molecule has 4 nitrogen and oxygen atoms in total. The summed E-state index contributed by atoms with van der Waals surface area (Å²) in [6.45, 7) is 4.66. The zero-order valence-corrected chi connectivity index (χ0v) is 32.6. The van der Waals surface area contributed by atoms with E-state index in [0.717, 1.165) is 44.8 Å². The first-order chi connectivity index (χ1) is 29.0. The molecule has 13 rings (SSSR count). The number of rotatable bonds is 3. The van der Waals surface area contributed by atoms with Crippen LogP contribution in [0.25, 0.3) is 110 Å². The molecule has 9 aromatic carbocycles. The number of aromatic nitrogens is 4. The molecule has 0 radical (unpaired) electrons. The highest BCUT2D eigenvalue weighted by Crippen LogP contribution is 2.50. The second-order valence-electron chi connectivity index (χ2n) is 16.6. The maximum Gasteiger partial charge on any atom is 0.165 e. The molecule has 59 heavy (non-hydrogen) atoms. The molecule has 276 valence electrons. The molecule has 12 aromatic rings. The van der Waals surface area contributed by atoms with Crippen molar-refractivity contribution in [2.24, 2.45) is 0 Å². The van der Waals surface area contributed by atoms with Gasteiger partial charge in [-0.2, -0.15) is 0 Å². The average molecular weight is 753 g/mol. The Kier molecular flexibility index (Phi) is 6.48. The van der Waals surface area contributed by atoms with E-state index in [-0.39, 0.29) is 5.41 Å². The first kappa shape index (κ1) is 32.5. The molecule has 0 amide bonds. The first-order valence-corrected chi connectivity index (χ1v) is 20.4. The zero-order valence-electron chi connectivity index (χ0n) is 32.6. The molecule has 0 spiro atoms. The Morgan fingerprint density at radius 1 is 0.424 bits per heavy atom. The molecule has 0 unspecified atom stereocenters. The van der Waals surface area contributed by atoms with Crippen molar-refractivity contribution in [2.45, 2.75) is 19.3 Å². The summed E-state index contributed by atoms with van der Waals surface area (Å²) in [7, 11) is 0. The number of para-hydroxylation sites is 3. The van der Waals surface area contributed by atoms with Crippen molar-refractivity contribution in [3.63, 3.8) is 0 Å². The molecule has 4 heteroatoms. The van der Waals surface area contributed by atoms with Gasteiger partial charge in [-0.05, 0) is 80.9 Å². The largest absolute Gasteiger partial charge is 0.309 e. The number of hydrogen-bond donors (Lipinski definition) is 0. The molecule has 1 aliphatic rings. The Morgan fingerprint density at radius 2 is 1.08 bits per heavy atom. The van der Waals surface area contributed by atoms with Crippen LogP contribution in [0.2, 0.25) is 0 Å². The molecule has 0 bridgehead atoms. The Balaban J connectivity index is 1.16. The summed E-state index contributed by atoms with van der Waals surface area (Å²) in [5, 5.41) is 9.76. The molecule has 1 aliphatic carbocycles. The van der Waals surface area contributed by atoms with Gasteiger partial charge in [-0.25, -0.2) is 9.97 Å². The van der Waals surface area contributed by atoms with E-state index in [9.17, 15) is 0 Å². The fraction of sp³-hybridized carbons (Fsp3) is 0.0545. The summed E-state index contributed by atoms with van der Waals surface area (Å²) in [5.41, 5.74) is 14.5. The van der Waals surface area contributed by atoms with Gasteiger partial charge in [-0.1, -0.05) is 153 Å². The van der Waals surface area contributed by atoms with Gasteiger partial charge >= 0.3 is 0 Å². The fourth-order valence-electron chi connectivity index (χ4n) is 10.3. The number of nitrogens with zero attached hydrogens (tertiary/aromatic N) is 4. The van der Waals surface area contributed by atoms with Crippen LogP contribution in [-0.2, 0) is 5.41 Å². The Morgan fingerprint density at radius 3 is 1.95 bits per heavy atom. The van der Waals surface area contributed by atoms with Gasteiger partial charge in [-0.3, -0.25) is 4.57 Å². The van der Waals surface area contributed by atoms with Crippen LogP contribution in [0.4, 0.5) is 0 Å². The van der Waals surface area contributed by atoms with Gasteiger partial charge in [0.05, 0.1) is 33.1 Å². The highest BCUT2D eigenvalue weighted by Gasteiger charge is 2.35. The summed E-state index contributed by atoms with van der Waals surface area (Å²) >= 11 is 0. The molecular weight excluding hydrogens is 717 g/mol. The van der Waals surface area contributed by atoms with Crippen molar-refractivity contribution < 1.29 is 0 Å². The van der Waals surface area contributed by atoms with E-state index in [2.05, 4.69) is 205 Å². The number of benzene rings is 9. The van der Waals surface area contributed by atoms with E-state index in [1.165, 1.54) is 76.4 Å². The maximum atomic E-state index is 5.57. The predicted octanol–water partition coefficient (Wildman–Crippen LogP) is 14.1. The van der Waals surface area contributed by atoms with E-state index in [1.807, 2.05) is 0 Å². The second kappa shape index (κ2) is 11.7. The third-order valence-electron chi connectivity index (χ3n) is 13.1. The van der Waals surface area contributed by atoms with E-state index >= 15 is 0 Å². The van der Waals surface area contributed by atoms with Crippen molar-refractivity contribution in [2.75, 3.05) is 0 Å². The average Bonchev–Trinajstić information content (AvgIpc) is 3.89. The van der Waals surface area contributed by atoms with Crippen LogP contribution in [-0.4, -0.2) is 19.1 Å². The molecule has 0 saturated carbocycles. The lowest BCUT2D eigenvalue weighted by atomic mass is 9.82. The normalized spacial score (nSPS) is 13.4. The fourth-order valence-corrected chi connectivity index (χ4v) is 10.3. The first-order valence-electron chi connectivity index (χ1n) is 20.4. The summed E-state index contributed by atoms with van der Waals surface area (Å²) in [6, 6.07) is 66.3. The summed E-state index contributed by atoms with van der Waals surface area (Å²) in [4.78, 5) is 11.1. The Hall–Kier alpha value is -7.56. The van der Waals surface area contributed by atoms with Gasteiger partial charge in [0, 0.05) is 43.6 Å². The molecule has 0 saturated heterocycles. The van der Waals surface area contributed by atoms with Crippen LogP contribution >= 0.6 is 0 Å². The van der Waals surface area contributed by atoms with Crippen LogP contribution in [0.5, 0.6) is 0 Å². The van der Waals surface area contributed by atoms with Crippen molar-refractivity contribution in [1.29, 1.82) is 0 Å². The summed E-state index contributed by atoms with van der Waals surface area (Å²) in [5.74, 6) is 0.814. The van der Waals surface area contributed by atoms with E-state index in [1.54, 1.807) is 0 Å². The lowest BCUT2D eigenvalue weighted by Gasteiger charge is -2.21. The molecule has 0 aliphatic heterocycles. The minimum absolute atomic E-state index is 0.0925. The van der Waals surface area contributed by atoms with Crippen molar-refractivity contribution in [3.8, 4) is 33.9 Å². The van der Waals surface area contributed by atoms with Gasteiger partial charge in [0.15, 0.2) is 5.82 Å². The smallest absolute Gasteiger partial charge is 0.165 e. The maximum absolute atomic E-state index is 5.57. The van der Waals surface area contributed by atoms with Gasteiger partial charge in [0.1, 0.15) is 5.69 Å². The van der Waals surface area contributed by atoms with Crippen LogP contribution < -0.4 is 0 Å². The molecule has 0 fully saturated rings. The third kappa shape index (κ3) is 4.43. The standard InChI is InChI=1S/C55H36N4/c1-55(2)44-19-9-7-17-39(44)43-31-35(24-29-45(43)55)52-54(57-47-21-11-10-20-46(47)56-52)59-49-30-25-33-13-3-5-15-37(33)51(49)42-28-26-36(32-50(42)59)58-48-22-12-8-18-40(48)41-27-23-34-14-4-6-16-38(34)53(41)58/h3-32H,1-2H3. The lowest BCUT2D eigenvalue weighted by Crippen LogP contribution is -2.14. The van der Waals surface area contributed by atoms with E-state index < -0.39 is 0 Å². The highest BCUT2D eigenvalue weighted by molar-refractivity contribution is 6.22. The SMILES string of the molecule is CC1(C)c2ccccc2-c2cc(-c3nc4ccccc4nc3-n3c4cc(-n5c6ccccc6c6ccc7ccccc7c65)ccc4c4c5ccccc5ccc43)ccc21. The molecule has 3 heterocycles. The van der Waals surface area contributed by atoms with Gasteiger partial charge < -0.3 is 4.57 Å². The monoisotopic (exact) mass is 752 g/mol. The van der Waals surface area contributed by atoms with Crippen LogP contribution in [0, 0.1) is 0 Å². The highest BCUT2D eigenvalue weighted by atomic mass is 15.1. The molecular formula is C55H36N4. The summed E-state index contributed by atoms with van der Waals surface area (Å²) < 4.78 is 4.84. The van der Waals surface area contributed by atoms with Gasteiger partial charge in [0.25, 0.3) is 0 Å². The quantitative estimate of drug-likeness (QED) is 0.180. The molecule has 0 atom stereocenters. The lowest BCUT2D eigenvalue weighted by molar-refractivity contribution is 0.660. The van der Waals surface area contributed by atoms with Crippen LogP contribution in [0.3, 0.4) is 0 Å². The minimum Gasteiger partial charge on any atom is -0.309 e. The van der Waals surface area contributed by atoms with Crippen LogP contribution in [0.1, 0.15) is 25.0 Å². The number of hydrogen-bond acceptors (Lipinski definition) is 2. The number of fused-ring (bicyclic) bond motifs is 14. The van der Waals surface area contributed by atoms with Crippen LogP contribution in [0.15, 0.2) is 182 Å². The Labute approximate surface area is 340 Å². The van der Waals surface area contributed by atoms with Gasteiger partial charge in [-0.15, -0.1) is 0 Å². The van der Waals surface area contributed by atoms with Crippen molar-refractivity contribution in [3.05, 3.63) is 193 Å². The third-order valence-corrected chi connectivity index (χ3v) is 13.1.